The van der Waals surface area contributed by atoms with Gasteiger partial charge in [-0.15, -0.1) is 0 Å². The Hall–Kier alpha value is -0.920. The topological polar surface area (TPSA) is 76.0 Å². The Labute approximate surface area is 121 Å². The Morgan fingerprint density at radius 1 is 1.35 bits per heavy atom. The van der Waals surface area contributed by atoms with Crippen molar-refractivity contribution in [2.45, 2.75) is 57.5 Å². The molecule has 0 amide bonds. The Bertz CT molecular complexity index is 588. The standard InChI is InChI=1S/C13H24N4O2S/c1-5-14-8-9-17-11(3)12(10(2)15-17)20(18,19)16-13(4)6-7-13/h14,16H,5-9H2,1-4H3. The lowest BCUT2D eigenvalue weighted by atomic mass is 10.4. The van der Waals surface area contributed by atoms with Gasteiger partial charge in [-0.05, 0) is 40.2 Å². The van der Waals surface area contributed by atoms with E-state index >= 15 is 0 Å². The van der Waals surface area contributed by atoms with Crippen molar-refractivity contribution in [2.24, 2.45) is 0 Å². The van der Waals surface area contributed by atoms with Crippen molar-refractivity contribution in [3.63, 3.8) is 0 Å². The number of likely N-dealkylation sites (N-methyl/N-ethyl adjacent to an activating group) is 1. The number of aromatic nitrogens is 2. The first-order valence-electron chi connectivity index (χ1n) is 7.08. The molecule has 0 unspecified atom stereocenters. The van der Waals surface area contributed by atoms with Crippen LogP contribution in [0, 0.1) is 13.8 Å². The van der Waals surface area contributed by atoms with Gasteiger partial charge in [0.2, 0.25) is 10.0 Å². The van der Waals surface area contributed by atoms with Gasteiger partial charge in [0.05, 0.1) is 17.9 Å². The predicted octanol–water partition coefficient (Wildman–Crippen LogP) is 0.940. The molecule has 0 radical (unpaired) electrons. The van der Waals surface area contributed by atoms with Gasteiger partial charge in [-0.2, -0.15) is 5.10 Å². The van der Waals surface area contributed by atoms with E-state index in [9.17, 15) is 8.42 Å². The first-order chi connectivity index (χ1) is 9.29. The van der Waals surface area contributed by atoms with Crippen LogP contribution in [0.2, 0.25) is 0 Å². The second kappa shape index (κ2) is 5.46. The van der Waals surface area contributed by atoms with Gasteiger partial charge < -0.3 is 5.32 Å². The molecule has 7 heteroatoms. The summed E-state index contributed by atoms with van der Waals surface area (Å²) in [4.78, 5) is 0.335. The third-order valence-corrected chi connectivity index (χ3v) is 5.60. The lowest BCUT2D eigenvalue weighted by Gasteiger charge is -2.12. The Kier molecular flexibility index (Phi) is 4.22. The Morgan fingerprint density at radius 2 is 2.00 bits per heavy atom. The second-order valence-corrected chi connectivity index (χ2v) is 7.36. The number of sulfonamides is 1. The van der Waals surface area contributed by atoms with Gasteiger partial charge in [0.1, 0.15) is 4.90 Å². The van der Waals surface area contributed by atoms with Gasteiger partial charge in [-0.1, -0.05) is 6.92 Å². The zero-order valence-electron chi connectivity index (χ0n) is 12.7. The van der Waals surface area contributed by atoms with Crippen LogP contribution in [0.4, 0.5) is 0 Å². The van der Waals surface area contributed by atoms with Crippen molar-refractivity contribution in [1.29, 1.82) is 0 Å². The fraction of sp³-hybridized carbons (Fsp3) is 0.769. The molecular formula is C13H24N4O2S. The van der Waals surface area contributed by atoms with E-state index in [-0.39, 0.29) is 5.54 Å². The number of aryl methyl sites for hydroxylation is 1. The van der Waals surface area contributed by atoms with E-state index < -0.39 is 10.0 Å². The number of hydrogen-bond acceptors (Lipinski definition) is 4. The third kappa shape index (κ3) is 3.21. The molecule has 2 N–H and O–H groups in total. The summed E-state index contributed by atoms with van der Waals surface area (Å²) in [6.45, 7) is 9.89. The minimum atomic E-state index is -3.48. The Balaban J connectivity index is 2.23. The lowest BCUT2D eigenvalue weighted by molar-refractivity contribution is 0.546. The van der Waals surface area contributed by atoms with E-state index in [1.807, 2.05) is 20.8 Å². The number of nitrogens with zero attached hydrogens (tertiary/aromatic N) is 2. The highest BCUT2D eigenvalue weighted by atomic mass is 32.2. The van der Waals surface area contributed by atoms with Crippen LogP contribution in [0.15, 0.2) is 4.90 Å². The van der Waals surface area contributed by atoms with Gasteiger partial charge in [0.25, 0.3) is 0 Å². The first-order valence-corrected chi connectivity index (χ1v) is 8.56. The summed E-state index contributed by atoms with van der Waals surface area (Å²) >= 11 is 0. The number of hydrogen-bond donors (Lipinski definition) is 2. The van der Waals surface area contributed by atoms with Crippen molar-refractivity contribution in [3.8, 4) is 0 Å². The van der Waals surface area contributed by atoms with E-state index in [0.717, 1.165) is 25.9 Å². The summed E-state index contributed by atoms with van der Waals surface area (Å²) in [5, 5.41) is 7.57. The molecule has 1 aliphatic rings. The monoisotopic (exact) mass is 300 g/mol. The van der Waals surface area contributed by atoms with Crippen LogP contribution < -0.4 is 10.0 Å². The highest BCUT2D eigenvalue weighted by Gasteiger charge is 2.42. The van der Waals surface area contributed by atoms with Crippen LogP contribution in [0.25, 0.3) is 0 Å². The van der Waals surface area contributed by atoms with Gasteiger partial charge >= 0.3 is 0 Å². The molecule has 114 valence electrons. The molecule has 0 aliphatic heterocycles. The highest BCUT2D eigenvalue weighted by Crippen LogP contribution is 2.36. The fourth-order valence-corrected chi connectivity index (χ4v) is 4.19. The molecule has 1 heterocycles. The summed E-state index contributed by atoms with van der Waals surface area (Å²) in [6.07, 6.45) is 1.80. The molecule has 1 fully saturated rings. The van der Waals surface area contributed by atoms with Gasteiger partial charge in [-0.3, -0.25) is 4.68 Å². The average molecular weight is 300 g/mol. The fourth-order valence-electron chi connectivity index (χ4n) is 2.31. The molecule has 0 bridgehead atoms. The maximum atomic E-state index is 12.5. The zero-order chi connectivity index (χ0) is 15.0. The molecule has 1 aromatic heterocycles. The van der Waals surface area contributed by atoms with Gasteiger partial charge in [0.15, 0.2) is 0 Å². The van der Waals surface area contributed by atoms with Crippen molar-refractivity contribution in [1.82, 2.24) is 19.8 Å². The Morgan fingerprint density at radius 3 is 2.55 bits per heavy atom. The molecule has 1 aromatic rings. The second-order valence-electron chi connectivity index (χ2n) is 5.74. The van der Waals surface area contributed by atoms with Crippen LogP contribution in [-0.2, 0) is 16.6 Å². The summed E-state index contributed by atoms with van der Waals surface area (Å²) < 4.78 is 29.5. The van der Waals surface area contributed by atoms with Crippen molar-refractivity contribution in [2.75, 3.05) is 13.1 Å². The molecular weight excluding hydrogens is 276 g/mol. The van der Waals surface area contributed by atoms with Crippen LogP contribution in [0.3, 0.4) is 0 Å². The summed E-state index contributed by atoms with van der Waals surface area (Å²) in [5.74, 6) is 0. The summed E-state index contributed by atoms with van der Waals surface area (Å²) in [7, 11) is -3.48. The number of rotatable bonds is 7. The smallest absolute Gasteiger partial charge is 0.244 e. The van der Waals surface area contributed by atoms with Crippen molar-refractivity contribution >= 4 is 10.0 Å². The van der Waals surface area contributed by atoms with Gasteiger partial charge in [-0.25, -0.2) is 13.1 Å². The minimum Gasteiger partial charge on any atom is -0.315 e. The normalized spacial score (nSPS) is 17.4. The van der Waals surface area contributed by atoms with Crippen LogP contribution >= 0.6 is 0 Å². The SMILES string of the molecule is CCNCCn1nc(C)c(S(=O)(=O)NC2(C)CC2)c1C. The average Bonchev–Trinajstić information content (AvgIpc) is 2.95. The highest BCUT2D eigenvalue weighted by molar-refractivity contribution is 7.89. The third-order valence-electron chi connectivity index (χ3n) is 3.71. The number of nitrogens with one attached hydrogen (secondary N) is 2. The van der Waals surface area contributed by atoms with Crippen LogP contribution in [0.5, 0.6) is 0 Å². The van der Waals surface area contributed by atoms with Crippen molar-refractivity contribution < 1.29 is 8.42 Å². The molecule has 0 atom stereocenters. The maximum Gasteiger partial charge on any atom is 0.244 e. The lowest BCUT2D eigenvalue weighted by Crippen LogP contribution is -2.34. The molecule has 0 spiro atoms. The van der Waals surface area contributed by atoms with Crippen LogP contribution in [-0.4, -0.2) is 36.8 Å². The van der Waals surface area contributed by atoms with E-state index in [1.165, 1.54) is 0 Å². The quantitative estimate of drug-likeness (QED) is 0.735. The van der Waals surface area contributed by atoms with Crippen molar-refractivity contribution in [3.05, 3.63) is 11.4 Å². The largest absolute Gasteiger partial charge is 0.315 e. The van der Waals surface area contributed by atoms with E-state index in [0.29, 0.717) is 22.8 Å². The zero-order valence-corrected chi connectivity index (χ0v) is 13.5. The molecule has 0 saturated heterocycles. The van der Waals surface area contributed by atoms with E-state index in [1.54, 1.807) is 11.6 Å². The minimum absolute atomic E-state index is 0.260. The molecule has 2 rings (SSSR count). The molecule has 1 saturated carbocycles. The summed E-state index contributed by atoms with van der Waals surface area (Å²) in [5.41, 5.74) is 1.01. The van der Waals surface area contributed by atoms with Crippen LogP contribution in [0.1, 0.15) is 38.1 Å². The predicted molar refractivity (Wildman–Crippen MR) is 78.2 cm³/mol. The molecule has 6 nitrogen and oxygen atoms in total. The molecule has 1 aliphatic carbocycles. The van der Waals surface area contributed by atoms with E-state index in [4.69, 9.17) is 0 Å². The molecule has 0 aromatic carbocycles. The molecule has 20 heavy (non-hydrogen) atoms. The van der Waals surface area contributed by atoms with E-state index in [2.05, 4.69) is 15.1 Å². The first kappa shape index (κ1) is 15.5. The maximum absolute atomic E-state index is 12.5. The van der Waals surface area contributed by atoms with Gasteiger partial charge in [0, 0.05) is 12.1 Å². The summed E-state index contributed by atoms with van der Waals surface area (Å²) in [6, 6.07) is 0.